The molecule has 1 aromatic rings. The zero-order valence-electron chi connectivity index (χ0n) is 14.7. The number of anilines is 1. The molecule has 0 saturated carbocycles. The highest BCUT2D eigenvalue weighted by atomic mass is 16.3. The fourth-order valence-corrected chi connectivity index (χ4v) is 2.82. The number of carbonyl (C=O) groups is 2. The largest absolute Gasteiger partial charge is 0.391 e. The molecule has 1 aromatic carbocycles. The maximum atomic E-state index is 12.0. The van der Waals surface area contributed by atoms with Crippen LogP contribution in [-0.2, 0) is 9.59 Å². The Morgan fingerprint density at radius 1 is 1.04 bits per heavy atom. The van der Waals surface area contributed by atoms with Crippen LogP contribution >= 0.6 is 0 Å². The molecule has 0 aromatic heterocycles. The van der Waals surface area contributed by atoms with Crippen molar-refractivity contribution in [2.75, 3.05) is 11.9 Å². The molecule has 1 atom stereocenters. The summed E-state index contributed by atoms with van der Waals surface area (Å²) in [5.74, 6) is -1.31. The molecule has 23 heavy (non-hydrogen) atoms. The lowest BCUT2D eigenvalue weighted by atomic mass is 9.96. The van der Waals surface area contributed by atoms with Crippen LogP contribution in [0.3, 0.4) is 0 Å². The number of nitrogens with one attached hydrogen (secondary N) is 2. The highest BCUT2D eigenvalue weighted by Crippen LogP contribution is 2.21. The van der Waals surface area contributed by atoms with E-state index in [2.05, 4.69) is 10.6 Å². The van der Waals surface area contributed by atoms with Gasteiger partial charge in [0.2, 0.25) is 0 Å². The summed E-state index contributed by atoms with van der Waals surface area (Å²) < 4.78 is 0. The van der Waals surface area contributed by atoms with Gasteiger partial charge in [-0.1, -0.05) is 44.4 Å². The molecular formula is C18H28N2O3. The van der Waals surface area contributed by atoms with Crippen molar-refractivity contribution in [3.63, 3.8) is 0 Å². The smallest absolute Gasteiger partial charge is 0.313 e. The van der Waals surface area contributed by atoms with E-state index in [1.165, 1.54) is 0 Å². The van der Waals surface area contributed by atoms with Gasteiger partial charge in [0.15, 0.2) is 0 Å². The van der Waals surface area contributed by atoms with Crippen LogP contribution in [0.2, 0.25) is 0 Å². The van der Waals surface area contributed by atoms with E-state index in [0.29, 0.717) is 5.69 Å². The minimum Gasteiger partial charge on any atom is -0.391 e. The molecule has 5 nitrogen and oxygen atoms in total. The monoisotopic (exact) mass is 320 g/mol. The number of aliphatic hydroxyl groups is 1. The molecule has 0 spiro atoms. The van der Waals surface area contributed by atoms with Gasteiger partial charge in [0.05, 0.1) is 6.10 Å². The van der Waals surface area contributed by atoms with Crippen molar-refractivity contribution < 1.29 is 14.7 Å². The SMILES string of the molecule is CCC(CC)C(O)CNC(=O)C(=O)Nc1c(C)cc(C)cc1C. The summed E-state index contributed by atoms with van der Waals surface area (Å²) in [6.07, 6.45) is 1.03. The molecule has 0 aliphatic rings. The van der Waals surface area contributed by atoms with Crippen molar-refractivity contribution in [2.24, 2.45) is 5.92 Å². The van der Waals surface area contributed by atoms with Crippen molar-refractivity contribution in [3.8, 4) is 0 Å². The second kappa shape index (κ2) is 8.67. The normalized spacial score (nSPS) is 12.1. The molecule has 0 aliphatic heterocycles. The molecule has 1 rings (SSSR count). The number of benzene rings is 1. The summed E-state index contributed by atoms with van der Waals surface area (Å²) in [5.41, 5.74) is 3.61. The first kappa shape index (κ1) is 19.2. The van der Waals surface area contributed by atoms with Crippen LogP contribution in [0.15, 0.2) is 12.1 Å². The van der Waals surface area contributed by atoms with Crippen molar-refractivity contribution in [1.82, 2.24) is 5.32 Å². The first-order chi connectivity index (χ1) is 10.8. The molecule has 0 fully saturated rings. The molecule has 3 N–H and O–H groups in total. The number of carbonyl (C=O) groups excluding carboxylic acids is 2. The van der Waals surface area contributed by atoms with Gasteiger partial charge in [-0.15, -0.1) is 0 Å². The standard InChI is InChI=1S/C18H28N2O3/c1-6-14(7-2)15(21)10-19-17(22)18(23)20-16-12(4)8-11(3)9-13(16)5/h8-9,14-15,21H,6-7,10H2,1-5H3,(H,19,22)(H,20,23). The Morgan fingerprint density at radius 3 is 2.04 bits per heavy atom. The van der Waals surface area contributed by atoms with E-state index in [0.717, 1.165) is 29.5 Å². The summed E-state index contributed by atoms with van der Waals surface area (Å²) in [6, 6.07) is 3.91. The van der Waals surface area contributed by atoms with Crippen molar-refractivity contribution >= 4 is 17.5 Å². The predicted molar refractivity (Wildman–Crippen MR) is 92.4 cm³/mol. The second-order valence-corrected chi connectivity index (χ2v) is 6.08. The summed E-state index contributed by atoms with van der Waals surface area (Å²) in [7, 11) is 0. The summed E-state index contributed by atoms with van der Waals surface area (Å²) in [5, 5.41) is 15.2. The molecule has 0 heterocycles. The van der Waals surface area contributed by atoms with Crippen molar-refractivity contribution in [3.05, 3.63) is 28.8 Å². The zero-order chi connectivity index (χ0) is 17.6. The van der Waals surface area contributed by atoms with Gasteiger partial charge < -0.3 is 15.7 Å². The molecule has 5 heteroatoms. The summed E-state index contributed by atoms with van der Waals surface area (Å²) >= 11 is 0. The van der Waals surface area contributed by atoms with Crippen LogP contribution in [0, 0.1) is 26.7 Å². The average molecular weight is 320 g/mol. The van der Waals surface area contributed by atoms with Crippen LogP contribution in [0.5, 0.6) is 0 Å². The minimum absolute atomic E-state index is 0.0878. The maximum Gasteiger partial charge on any atom is 0.313 e. The van der Waals surface area contributed by atoms with Crippen LogP contribution < -0.4 is 10.6 Å². The number of hydrogen-bond donors (Lipinski definition) is 3. The van der Waals surface area contributed by atoms with E-state index in [1.54, 1.807) is 0 Å². The fourth-order valence-electron chi connectivity index (χ4n) is 2.82. The number of aliphatic hydroxyl groups excluding tert-OH is 1. The van der Waals surface area contributed by atoms with Gasteiger partial charge in [-0.2, -0.15) is 0 Å². The van der Waals surface area contributed by atoms with Crippen LogP contribution in [0.25, 0.3) is 0 Å². The van der Waals surface area contributed by atoms with Gasteiger partial charge in [-0.3, -0.25) is 9.59 Å². The maximum absolute atomic E-state index is 12.0. The van der Waals surface area contributed by atoms with Crippen LogP contribution in [0.4, 0.5) is 5.69 Å². The van der Waals surface area contributed by atoms with Crippen molar-refractivity contribution in [1.29, 1.82) is 0 Å². The third-order valence-electron chi connectivity index (χ3n) is 4.19. The first-order valence-corrected chi connectivity index (χ1v) is 8.15. The number of aryl methyl sites for hydroxylation is 3. The Balaban J connectivity index is 2.63. The summed E-state index contributed by atoms with van der Waals surface area (Å²) in [4.78, 5) is 23.9. The Labute approximate surface area is 138 Å². The predicted octanol–water partition coefficient (Wildman–Crippen LogP) is 2.46. The zero-order valence-corrected chi connectivity index (χ0v) is 14.7. The number of amides is 2. The summed E-state index contributed by atoms with van der Waals surface area (Å²) in [6.45, 7) is 9.85. The molecule has 0 saturated heterocycles. The van der Waals surface area contributed by atoms with Gasteiger partial charge in [0, 0.05) is 12.2 Å². The quantitative estimate of drug-likeness (QED) is 0.705. The highest BCUT2D eigenvalue weighted by molar-refractivity contribution is 6.39. The lowest BCUT2D eigenvalue weighted by Gasteiger charge is -2.20. The Kier molecular flexibility index (Phi) is 7.23. The lowest BCUT2D eigenvalue weighted by molar-refractivity contribution is -0.136. The van der Waals surface area contributed by atoms with E-state index in [9.17, 15) is 14.7 Å². The number of rotatable bonds is 6. The van der Waals surface area contributed by atoms with Gasteiger partial charge in [-0.05, 0) is 37.8 Å². The van der Waals surface area contributed by atoms with Crippen LogP contribution in [-0.4, -0.2) is 29.6 Å². The molecule has 1 unspecified atom stereocenters. The lowest BCUT2D eigenvalue weighted by Crippen LogP contribution is -2.41. The molecule has 128 valence electrons. The molecule has 2 amide bonds. The Hall–Kier alpha value is -1.88. The van der Waals surface area contributed by atoms with Crippen molar-refractivity contribution in [2.45, 2.75) is 53.6 Å². The van der Waals surface area contributed by atoms with E-state index >= 15 is 0 Å². The fraction of sp³-hybridized carbons (Fsp3) is 0.556. The first-order valence-electron chi connectivity index (χ1n) is 8.15. The second-order valence-electron chi connectivity index (χ2n) is 6.08. The average Bonchev–Trinajstić information content (AvgIpc) is 2.49. The van der Waals surface area contributed by atoms with E-state index in [1.807, 2.05) is 46.8 Å². The molecule has 0 radical (unpaired) electrons. The van der Waals surface area contributed by atoms with Gasteiger partial charge in [0.25, 0.3) is 0 Å². The van der Waals surface area contributed by atoms with E-state index < -0.39 is 17.9 Å². The van der Waals surface area contributed by atoms with Gasteiger partial charge in [-0.25, -0.2) is 0 Å². The third kappa shape index (κ3) is 5.36. The molecular weight excluding hydrogens is 292 g/mol. The topological polar surface area (TPSA) is 78.4 Å². The molecule has 0 bridgehead atoms. The van der Waals surface area contributed by atoms with E-state index in [-0.39, 0.29) is 12.5 Å². The molecule has 0 aliphatic carbocycles. The van der Waals surface area contributed by atoms with Crippen LogP contribution in [0.1, 0.15) is 43.4 Å². The Morgan fingerprint density at radius 2 is 1.57 bits per heavy atom. The van der Waals surface area contributed by atoms with Gasteiger partial charge >= 0.3 is 11.8 Å². The Bertz CT molecular complexity index is 542. The number of hydrogen-bond acceptors (Lipinski definition) is 3. The highest BCUT2D eigenvalue weighted by Gasteiger charge is 2.20. The minimum atomic E-state index is -0.727. The van der Waals surface area contributed by atoms with E-state index in [4.69, 9.17) is 0 Å². The van der Waals surface area contributed by atoms with Gasteiger partial charge in [0.1, 0.15) is 0 Å². The third-order valence-corrected chi connectivity index (χ3v) is 4.19.